The van der Waals surface area contributed by atoms with Crippen molar-refractivity contribution < 1.29 is 4.79 Å². The average molecular weight is 280 g/mol. The number of amides is 1. The van der Waals surface area contributed by atoms with Crippen LogP contribution in [-0.2, 0) is 11.2 Å². The van der Waals surface area contributed by atoms with E-state index in [0.717, 1.165) is 24.9 Å². The topological polar surface area (TPSA) is 29.1 Å². The molecule has 1 aliphatic rings. The number of carbonyl (C=O) groups excluding carboxylic acids is 1. The Hall–Kier alpha value is -1.02. The predicted molar refractivity (Wildman–Crippen MR) is 79.5 cm³/mol. The molecule has 1 aromatic carbocycles. The van der Waals surface area contributed by atoms with Crippen LogP contribution in [0, 0.1) is 12.8 Å². The Morgan fingerprint density at radius 2 is 2.16 bits per heavy atom. The molecule has 1 amide bonds. The quantitative estimate of drug-likeness (QED) is 0.841. The lowest BCUT2D eigenvalue weighted by Crippen LogP contribution is -2.35. The van der Waals surface area contributed by atoms with Crippen LogP contribution in [0.5, 0.6) is 0 Å². The number of benzene rings is 1. The van der Waals surface area contributed by atoms with Crippen LogP contribution >= 0.6 is 11.6 Å². The van der Waals surface area contributed by atoms with Gasteiger partial charge in [-0.2, -0.15) is 0 Å². The molecule has 0 saturated heterocycles. The van der Waals surface area contributed by atoms with Gasteiger partial charge in [0.2, 0.25) is 5.91 Å². The Bertz CT molecular complexity index is 433. The van der Waals surface area contributed by atoms with Crippen LogP contribution in [0.15, 0.2) is 24.3 Å². The fourth-order valence-corrected chi connectivity index (χ4v) is 3.08. The normalized spacial score (nSPS) is 23.1. The maximum Gasteiger partial charge on any atom is 0.224 e. The van der Waals surface area contributed by atoms with Crippen LogP contribution in [0.4, 0.5) is 0 Å². The first-order valence-electron chi connectivity index (χ1n) is 7.11. The molecular formula is C16H22ClNO. The van der Waals surface area contributed by atoms with Gasteiger partial charge >= 0.3 is 0 Å². The van der Waals surface area contributed by atoms with E-state index in [1.165, 1.54) is 18.4 Å². The summed E-state index contributed by atoms with van der Waals surface area (Å²) in [5.41, 5.74) is 2.27. The van der Waals surface area contributed by atoms with Crippen molar-refractivity contribution in [2.75, 3.05) is 6.54 Å². The van der Waals surface area contributed by atoms with Gasteiger partial charge in [-0.05, 0) is 31.2 Å². The highest BCUT2D eigenvalue weighted by Gasteiger charge is 2.23. The molecule has 1 N–H and O–H groups in total. The second-order valence-electron chi connectivity index (χ2n) is 5.53. The van der Waals surface area contributed by atoms with Crippen molar-refractivity contribution in [1.29, 1.82) is 0 Å². The molecule has 3 heteroatoms. The molecular weight excluding hydrogens is 258 g/mol. The molecule has 1 fully saturated rings. The third-order valence-corrected chi connectivity index (χ3v) is 4.40. The number of nitrogens with one attached hydrogen (secondary N) is 1. The highest BCUT2D eigenvalue weighted by molar-refractivity contribution is 6.20. The largest absolute Gasteiger partial charge is 0.355 e. The summed E-state index contributed by atoms with van der Waals surface area (Å²) in [6, 6.07) is 8.09. The molecule has 2 rings (SSSR count). The van der Waals surface area contributed by atoms with Crippen LogP contribution in [0.1, 0.15) is 36.8 Å². The Morgan fingerprint density at radius 3 is 2.89 bits per heavy atom. The number of rotatable bonds is 4. The maximum atomic E-state index is 11.9. The predicted octanol–water partition coefficient (Wildman–Crippen LogP) is 3.45. The van der Waals surface area contributed by atoms with E-state index >= 15 is 0 Å². The van der Waals surface area contributed by atoms with E-state index in [-0.39, 0.29) is 11.3 Å². The number of hydrogen-bond acceptors (Lipinski definition) is 1. The second kappa shape index (κ2) is 6.95. The second-order valence-corrected chi connectivity index (χ2v) is 6.09. The van der Waals surface area contributed by atoms with E-state index in [1.807, 2.05) is 25.1 Å². The summed E-state index contributed by atoms with van der Waals surface area (Å²) in [5, 5.41) is 3.26. The molecule has 2 nitrogen and oxygen atoms in total. The third kappa shape index (κ3) is 4.54. The molecule has 0 aliphatic heterocycles. The van der Waals surface area contributed by atoms with Crippen molar-refractivity contribution in [1.82, 2.24) is 5.32 Å². The van der Waals surface area contributed by atoms with Crippen molar-refractivity contribution in [3.05, 3.63) is 35.4 Å². The molecule has 1 aromatic rings. The van der Waals surface area contributed by atoms with E-state index in [4.69, 9.17) is 11.6 Å². The van der Waals surface area contributed by atoms with Gasteiger partial charge in [0, 0.05) is 11.9 Å². The average Bonchev–Trinajstić information content (AvgIpc) is 2.38. The number of carbonyl (C=O) groups is 1. The lowest BCUT2D eigenvalue weighted by atomic mass is 9.88. The first-order chi connectivity index (χ1) is 9.15. The molecule has 19 heavy (non-hydrogen) atoms. The summed E-state index contributed by atoms with van der Waals surface area (Å²) >= 11 is 6.30. The van der Waals surface area contributed by atoms with Gasteiger partial charge in [0.25, 0.3) is 0 Å². The van der Waals surface area contributed by atoms with Crippen LogP contribution in [0.2, 0.25) is 0 Å². The zero-order valence-corrected chi connectivity index (χ0v) is 12.2. The van der Waals surface area contributed by atoms with Crippen molar-refractivity contribution in [2.45, 2.75) is 44.4 Å². The number of hydrogen-bond donors (Lipinski definition) is 1. The Morgan fingerprint density at radius 1 is 1.37 bits per heavy atom. The van der Waals surface area contributed by atoms with E-state index in [9.17, 15) is 4.79 Å². The van der Waals surface area contributed by atoms with Crippen LogP contribution in [-0.4, -0.2) is 17.8 Å². The first-order valence-corrected chi connectivity index (χ1v) is 7.55. The molecule has 0 spiro atoms. The van der Waals surface area contributed by atoms with Crippen molar-refractivity contribution in [3.8, 4) is 0 Å². The van der Waals surface area contributed by atoms with Gasteiger partial charge in [0.05, 0.1) is 6.42 Å². The van der Waals surface area contributed by atoms with Gasteiger partial charge in [-0.25, -0.2) is 0 Å². The SMILES string of the molecule is Cc1cccc(CC(=O)NCC2CCCCC2Cl)c1. The Balaban J connectivity index is 1.78. The molecule has 2 unspecified atom stereocenters. The standard InChI is InChI=1S/C16H22ClNO/c1-12-5-4-6-13(9-12)10-16(19)18-11-14-7-2-3-8-15(14)17/h4-6,9,14-15H,2-3,7-8,10-11H2,1H3,(H,18,19). The van der Waals surface area contributed by atoms with Crippen molar-refractivity contribution in [2.24, 2.45) is 5.92 Å². The summed E-state index contributed by atoms with van der Waals surface area (Å²) < 4.78 is 0. The minimum absolute atomic E-state index is 0.0973. The monoisotopic (exact) mass is 279 g/mol. The Labute approximate surface area is 120 Å². The van der Waals surface area contributed by atoms with Crippen LogP contribution in [0.25, 0.3) is 0 Å². The number of alkyl halides is 1. The van der Waals surface area contributed by atoms with Crippen LogP contribution < -0.4 is 5.32 Å². The first kappa shape index (κ1) is 14.4. The van der Waals surface area contributed by atoms with Gasteiger partial charge < -0.3 is 5.32 Å². The summed E-state index contributed by atoms with van der Waals surface area (Å²) in [7, 11) is 0. The fraction of sp³-hybridized carbons (Fsp3) is 0.562. The lowest BCUT2D eigenvalue weighted by molar-refractivity contribution is -0.120. The summed E-state index contributed by atoms with van der Waals surface area (Å²) in [4.78, 5) is 11.9. The molecule has 0 radical (unpaired) electrons. The number of halogens is 1. The molecule has 0 aromatic heterocycles. The van der Waals surface area contributed by atoms with E-state index in [0.29, 0.717) is 12.3 Å². The summed E-state index contributed by atoms with van der Waals surface area (Å²) in [5.74, 6) is 0.539. The summed E-state index contributed by atoms with van der Waals surface area (Å²) in [6.07, 6.45) is 5.14. The third-order valence-electron chi connectivity index (χ3n) is 3.82. The maximum absolute atomic E-state index is 11.9. The molecule has 0 bridgehead atoms. The molecule has 0 heterocycles. The van der Waals surface area contributed by atoms with E-state index in [2.05, 4.69) is 11.4 Å². The highest BCUT2D eigenvalue weighted by Crippen LogP contribution is 2.27. The minimum atomic E-state index is 0.0973. The smallest absolute Gasteiger partial charge is 0.224 e. The van der Waals surface area contributed by atoms with Gasteiger partial charge in [0.1, 0.15) is 0 Å². The Kier molecular flexibility index (Phi) is 5.26. The molecule has 104 valence electrons. The van der Waals surface area contributed by atoms with Crippen molar-refractivity contribution in [3.63, 3.8) is 0 Å². The van der Waals surface area contributed by atoms with Crippen molar-refractivity contribution >= 4 is 17.5 Å². The van der Waals surface area contributed by atoms with Gasteiger partial charge in [-0.3, -0.25) is 4.79 Å². The zero-order valence-electron chi connectivity index (χ0n) is 11.5. The van der Waals surface area contributed by atoms with Crippen LogP contribution in [0.3, 0.4) is 0 Å². The van der Waals surface area contributed by atoms with E-state index in [1.54, 1.807) is 0 Å². The minimum Gasteiger partial charge on any atom is -0.355 e. The zero-order chi connectivity index (χ0) is 13.7. The molecule has 2 atom stereocenters. The van der Waals surface area contributed by atoms with Gasteiger partial charge in [-0.1, -0.05) is 42.7 Å². The van der Waals surface area contributed by atoms with Gasteiger partial charge in [-0.15, -0.1) is 11.6 Å². The van der Waals surface area contributed by atoms with E-state index < -0.39 is 0 Å². The molecule has 1 saturated carbocycles. The lowest BCUT2D eigenvalue weighted by Gasteiger charge is -2.27. The number of aryl methyl sites for hydroxylation is 1. The molecule has 1 aliphatic carbocycles. The highest BCUT2D eigenvalue weighted by atomic mass is 35.5. The van der Waals surface area contributed by atoms with Gasteiger partial charge in [0.15, 0.2) is 0 Å². The fourth-order valence-electron chi connectivity index (χ4n) is 2.71. The summed E-state index contributed by atoms with van der Waals surface area (Å²) in [6.45, 7) is 2.76.